The van der Waals surface area contributed by atoms with Gasteiger partial charge in [0.2, 0.25) is 0 Å². The van der Waals surface area contributed by atoms with E-state index in [0.29, 0.717) is 12.2 Å². The standard InChI is InChI=1S/C24H21FN6/c1-16-5-3-8-23(28-16)31-15-21(17-9-10-22-18(11-17)13-27-30(22)2)29-24(31)14-26-20-7-4-6-19(25)12-20/h3-13,15,26H,14H2,1-2H3. The maximum Gasteiger partial charge on any atom is 0.138 e. The molecule has 0 bridgehead atoms. The molecule has 0 saturated heterocycles. The molecule has 0 saturated carbocycles. The van der Waals surface area contributed by atoms with Gasteiger partial charge in [-0.15, -0.1) is 0 Å². The number of aromatic nitrogens is 5. The van der Waals surface area contributed by atoms with Gasteiger partial charge in [0.25, 0.3) is 0 Å². The summed E-state index contributed by atoms with van der Waals surface area (Å²) in [7, 11) is 1.93. The second-order valence-corrected chi connectivity index (χ2v) is 7.46. The third-order valence-electron chi connectivity index (χ3n) is 5.22. The first kappa shape index (κ1) is 19.0. The van der Waals surface area contributed by atoms with Gasteiger partial charge in [-0.25, -0.2) is 14.4 Å². The molecule has 5 rings (SSSR count). The first-order valence-electron chi connectivity index (χ1n) is 10.0. The number of halogens is 1. The van der Waals surface area contributed by atoms with Crippen LogP contribution in [-0.2, 0) is 13.6 Å². The van der Waals surface area contributed by atoms with Crippen molar-refractivity contribution in [2.45, 2.75) is 13.5 Å². The number of aryl methyl sites for hydroxylation is 2. The van der Waals surface area contributed by atoms with Gasteiger partial charge in [-0.3, -0.25) is 9.25 Å². The van der Waals surface area contributed by atoms with Gasteiger partial charge in [0, 0.05) is 35.6 Å². The summed E-state index contributed by atoms with van der Waals surface area (Å²) in [5, 5.41) is 8.64. The molecule has 1 N–H and O–H groups in total. The van der Waals surface area contributed by atoms with E-state index < -0.39 is 0 Å². The topological polar surface area (TPSA) is 60.6 Å². The van der Waals surface area contributed by atoms with E-state index in [0.717, 1.165) is 39.5 Å². The van der Waals surface area contributed by atoms with Crippen molar-refractivity contribution in [2.24, 2.45) is 7.05 Å². The van der Waals surface area contributed by atoms with Crippen LogP contribution >= 0.6 is 0 Å². The number of nitrogens with zero attached hydrogens (tertiary/aromatic N) is 5. The van der Waals surface area contributed by atoms with Gasteiger partial charge >= 0.3 is 0 Å². The third kappa shape index (κ3) is 3.77. The quantitative estimate of drug-likeness (QED) is 0.447. The third-order valence-corrected chi connectivity index (χ3v) is 5.22. The highest BCUT2D eigenvalue weighted by Crippen LogP contribution is 2.25. The Morgan fingerprint density at radius 3 is 2.71 bits per heavy atom. The zero-order chi connectivity index (χ0) is 21.4. The van der Waals surface area contributed by atoms with Crippen molar-refractivity contribution >= 4 is 16.6 Å². The highest BCUT2D eigenvalue weighted by molar-refractivity contribution is 5.83. The average molecular weight is 412 g/mol. The van der Waals surface area contributed by atoms with Gasteiger partial charge in [0.1, 0.15) is 17.5 Å². The average Bonchev–Trinajstić information content (AvgIpc) is 3.36. The predicted molar refractivity (Wildman–Crippen MR) is 120 cm³/mol. The summed E-state index contributed by atoms with van der Waals surface area (Å²) in [5.41, 5.74) is 4.53. The Kier molecular flexibility index (Phi) is 4.71. The van der Waals surface area contributed by atoms with Crippen molar-refractivity contribution in [3.05, 3.63) is 90.4 Å². The molecule has 7 heteroatoms. The van der Waals surface area contributed by atoms with Gasteiger partial charge in [-0.05, 0) is 49.4 Å². The molecular weight excluding hydrogens is 391 g/mol. The first-order chi connectivity index (χ1) is 15.1. The number of hydrogen-bond donors (Lipinski definition) is 1. The van der Waals surface area contributed by atoms with Gasteiger partial charge < -0.3 is 5.32 Å². The minimum absolute atomic E-state index is 0.279. The molecule has 3 aromatic heterocycles. The molecule has 154 valence electrons. The summed E-state index contributed by atoms with van der Waals surface area (Å²) >= 11 is 0. The van der Waals surface area contributed by atoms with Crippen molar-refractivity contribution in [1.82, 2.24) is 24.3 Å². The molecule has 2 aromatic carbocycles. The summed E-state index contributed by atoms with van der Waals surface area (Å²) in [6.07, 6.45) is 3.84. The Morgan fingerprint density at radius 2 is 1.87 bits per heavy atom. The van der Waals surface area contributed by atoms with Crippen LogP contribution in [0.15, 0.2) is 73.1 Å². The van der Waals surface area contributed by atoms with Crippen LogP contribution in [0.25, 0.3) is 28.0 Å². The number of benzene rings is 2. The second kappa shape index (κ2) is 7.68. The Balaban J connectivity index is 1.55. The van der Waals surface area contributed by atoms with Crippen LogP contribution in [-0.4, -0.2) is 24.3 Å². The molecular formula is C24H21FN6. The lowest BCUT2D eigenvalue weighted by Gasteiger charge is -2.09. The van der Waals surface area contributed by atoms with Crippen LogP contribution in [0.2, 0.25) is 0 Å². The van der Waals surface area contributed by atoms with Gasteiger partial charge in [0.15, 0.2) is 0 Å². The van der Waals surface area contributed by atoms with Crippen LogP contribution < -0.4 is 5.32 Å². The molecule has 31 heavy (non-hydrogen) atoms. The monoisotopic (exact) mass is 412 g/mol. The minimum atomic E-state index is -0.279. The van der Waals surface area contributed by atoms with Gasteiger partial charge in [-0.1, -0.05) is 18.2 Å². The van der Waals surface area contributed by atoms with Crippen molar-refractivity contribution in [3.63, 3.8) is 0 Å². The Labute approximate surface area is 179 Å². The smallest absolute Gasteiger partial charge is 0.138 e. The maximum absolute atomic E-state index is 13.6. The number of anilines is 1. The number of fused-ring (bicyclic) bond motifs is 1. The van der Waals surface area contributed by atoms with Crippen LogP contribution in [0, 0.1) is 12.7 Å². The van der Waals surface area contributed by atoms with E-state index in [1.54, 1.807) is 6.07 Å². The molecule has 0 atom stereocenters. The lowest BCUT2D eigenvalue weighted by molar-refractivity contribution is 0.628. The van der Waals surface area contributed by atoms with Gasteiger partial charge in [0.05, 0.1) is 24.0 Å². The van der Waals surface area contributed by atoms with E-state index in [-0.39, 0.29) is 5.82 Å². The maximum atomic E-state index is 13.6. The number of pyridine rings is 1. The highest BCUT2D eigenvalue weighted by Gasteiger charge is 2.13. The molecule has 0 aliphatic rings. The fraction of sp³-hybridized carbons (Fsp3) is 0.125. The highest BCUT2D eigenvalue weighted by atomic mass is 19.1. The zero-order valence-corrected chi connectivity index (χ0v) is 17.2. The van der Waals surface area contributed by atoms with Gasteiger partial charge in [-0.2, -0.15) is 5.10 Å². The number of hydrogen-bond acceptors (Lipinski definition) is 4. The lowest BCUT2D eigenvalue weighted by Crippen LogP contribution is -2.08. The fourth-order valence-electron chi connectivity index (χ4n) is 3.65. The van der Waals surface area contributed by atoms with Crippen molar-refractivity contribution in [1.29, 1.82) is 0 Å². The zero-order valence-electron chi connectivity index (χ0n) is 17.2. The van der Waals surface area contributed by atoms with Crippen LogP contribution in [0.4, 0.5) is 10.1 Å². The molecule has 5 aromatic rings. The Hall–Kier alpha value is -4.00. The molecule has 0 spiro atoms. The molecule has 6 nitrogen and oxygen atoms in total. The molecule has 0 unspecified atom stereocenters. The number of nitrogens with one attached hydrogen (secondary N) is 1. The number of imidazole rings is 1. The van der Waals surface area contributed by atoms with Crippen molar-refractivity contribution in [3.8, 4) is 17.1 Å². The molecule has 0 aliphatic heterocycles. The fourth-order valence-corrected chi connectivity index (χ4v) is 3.65. The largest absolute Gasteiger partial charge is 0.378 e. The SMILES string of the molecule is Cc1cccc(-n2cc(-c3ccc4c(cnn4C)c3)nc2CNc2cccc(F)c2)n1. The summed E-state index contributed by atoms with van der Waals surface area (Å²) < 4.78 is 17.4. The van der Waals surface area contributed by atoms with E-state index in [1.807, 2.05) is 72.0 Å². The summed E-state index contributed by atoms with van der Waals surface area (Å²) in [6.45, 7) is 2.39. The Morgan fingerprint density at radius 1 is 1.00 bits per heavy atom. The van der Waals surface area contributed by atoms with Crippen LogP contribution in [0.3, 0.4) is 0 Å². The molecule has 0 radical (unpaired) electrons. The van der Waals surface area contributed by atoms with E-state index in [2.05, 4.69) is 21.5 Å². The summed E-state index contributed by atoms with van der Waals surface area (Å²) in [6, 6.07) is 18.5. The Bertz CT molecular complexity index is 1380. The van der Waals surface area contributed by atoms with Crippen molar-refractivity contribution in [2.75, 3.05) is 5.32 Å². The number of rotatable bonds is 5. The summed E-state index contributed by atoms with van der Waals surface area (Å²) in [4.78, 5) is 9.53. The lowest BCUT2D eigenvalue weighted by atomic mass is 10.1. The molecule has 0 amide bonds. The molecule has 3 heterocycles. The molecule has 0 aliphatic carbocycles. The predicted octanol–water partition coefficient (Wildman–Crippen LogP) is 4.88. The minimum Gasteiger partial charge on any atom is -0.378 e. The normalized spacial score (nSPS) is 11.2. The van der Waals surface area contributed by atoms with Crippen molar-refractivity contribution < 1.29 is 4.39 Å². The van der Waals surface area contributed by atoms with E-state index in [9.17, 15) is 4.39 Å². The van der Waals surface area contributed by atoms with E-state index in [4.69, 9.17) is 4.98 Å². The summed E-state index contributed by atoms with van der Waals surface area (Å²) in [5.74, 6) is 1.29. The van der Waals surface area contributed by atoms with Crippen LogP contribution in [0.1, 0.15) is 11.5 Å². The van der Waals surface area contributed by atoms with Crippen LogP contribution in [0.5, 0.6) is 0 Å². The van der Waals surface area contributed by atoms with E-state index in [1.165, 1.54) is 12.1 Å². The molecule has 0 fully saturated rings. The first-order valence-corrected chi connectivity index (χ1v) is 10.0. The second-order valence-electron chi connectivity index (χ2n) is 7.46. The van der Waals surface area contributed by atoms with E-state index >= 15 is 0 Å².